The van der Waals surface area contributed by atoms with E-state index >= 15 is 0 Å². The molecule has 0 heterocycles. The smallest absolute Gasteiger partial charge is 0.412 e. The molecule has 1 atom stereocenters. The van der Waals surface area contributed by atoms with Crippen LogP contribution in [-0.4, -0.2) is 17.0 Å². The van der Waals surface area contributed by atoms with E-state index in [1.54, 1.807) is 6.07 Å². The number of hydrogen-bond acceptors (Lipinski definition) is 2. The molecule has 0 aliphatic heterocycles. The Bertz CT molecular complexity index is 457. The molecular weight excluding hydrogens is 330 g/mol. The molecule has 0 aliphatic rings. The average Bonchev–Trinajstić information content (AvgIpc) is 2.28. The van der Waals surface area contributed by atoms with Crippen LogP contribution < -0.4 is 5.32 Å². The second-order valence-corrected chi connectivity index (χ2v) is 6.48. The van der Waals surface area contributed by atoms with Crippen molar-refractivity contribution in [3.05, 3.63) is 28.8 Å². The molecule has 0 fully saturated rings. The lowest BCUT2D eigenvalue weighted by Crippen LogP contribution is -2.27. The number of alkyl halides is 1. The summed E-state index contributed by atoms with van der Waals surface area (Å²) in [6.45, 7) is 7.54. The fraction of sp³-hybridized carbons (Fsp3) is 0.500. The highest BCUT2D eigenvalue weighted by Crippen LogP contribution is 2.28. The molecule has 5 heteroatoms. The number of hydrogen-bond donors (Lipinski definition) is 1. The molecule has 0 radical (unpaired) electrons. The van der Waals surface area contributed by atoms with Gasteiger partial charge in [-0.3, -0.25) is 5.32 Å². The van der Waals surface area contributed by atoms with Gasteiger partial charge in [-0.1, -0.05) is 40.5 Å². The molecule has 1 unspecified atom stereocenters. The van der Waals surface area contributed by atoms with Gasteiger partial charge in [-0.15, -0.1) is 0 Å². The maximum Gasteiger partial charge on any atom is 0.412 e. The van der Waals surface area contributed by atoms with E-state index in [1.807, 2.05) is 32.9 Å². The van der Waals surface area contributed by atoms with Crippen LogP contribution in [0.1, 0.15) is 39.2 Å². The van der Waals surface area contributed by atoms with Gasteiger partial charge in [0.15, 0.2) is 0 Å². The first-order chi connectivity index (χ1) is 8.73. The van der Waals surface area contributed by atoms with Gasteiger partial charge in [0.05, 0.1) is 10.7 Å². The molecular formula is C14H19BrClNO2. The number of amides is 1. The van der Waals surface area contributed by atoms with Gasteiger partial charge in [0.25, 0.3) is 0 Å². The summed E-state index contributed by atoms with van der Waals surface area (Å²) in [5.74, 6) is 0.369. The number of halogens is 2. The van der Waals surface area contributed by atoms with Gasteiger partial charge in [-0.2, -0.15) is 0 Å². The molecule has 0 aliphatic carbocycles. The number of rotatable bonds is 3. The predicted octanol–water partition coefficient (Wildman–Crippen LogP) is 5.19. The van der Waals surface area contributed by atoms with E-state index in [2.05, 4.69) is 28.2 Å². The standard InChI is InChI=1S/C14H19BrClNO2/c1-9(8-15)10-5-6-12(11(16)7-10)17-13(18)19-14(2,3)4/h5-7,9H,8H2,1-4H3,(H,17,18). The van der Waals surface area contributed by atoms with Gasteiger partial charge in [0, 0.05) is 5.33 Å². The molecule has 1 N–H and O–H groups in total. The first-order valence-corrected chi connectivity index (χ1v) is 7.58. The fourth-order valence-corrected chi connectivity index (χ4v) is 2.05. The van der Waals surface area contributed by atoms with Crippen molar-refractivity contribution >= 4 is 39.3 Å². The lowest BCUT2D eigenvalue weighted by atomic mass is 10.0. The van der Waals surface area contributed by atoms with E-state index < -0.39 is 11.7 Å². The molecule has 106 valence electrons. The van der Waals surface area contributed by atoms with Crippen molar-refractivity contribution in [2.45, 2.75) is 39.2 Å². The summed E-state index contributed by atoms with van der Waals surface area (Å²) in [4.78, 5) is 11.7. The van der Waals surface area contributed by atoms with Crippen LogP contribution >= 0.6 is 27.5 Å². The number of carbonyl (C=O) groups excluding carboxylic acids is 1. The average molecular weight is 349 g/mol. The van der Waals surface area contributed by atoms with E-state index in [-0.39, 0.29) is 0 Å². The van der Waals surface area contributed by atoms with Crippen LogP contribution in [0.15, 0.2) is 18.2 Å². The zero-order valence-electron chi connectivity index (χ0n) is 11.6. The fourth-order valence-electron chi connectivity index (χ4n) is 1.44. The second kappa shape index (κ2) is 6.62. The molecule has 3 nitrogen and oxygen atoms in total. The third kappa shape index (κ3) is 5.41. The number of carbonyl (C=O) groups is 1. The maximum absolute atomic E-state index is 11.7. The Morgan fingerprint density at radius 3 is 2.58 bits per heavy atom. The summed E-state index contributed by atoms with van der Waals surface area (Å²) >= 11 is 9.60. The van der Waals surface area contributed by atoms with Crippen molar-refractivity contribution in [2.24, 2.45) is 0 Å². The minimum Gasteiger partial charge on any atom is -0.444 e. The minimum absolute atomic E-state index is 0.369. The van der Waals surface area contributed by atoms with Crippen molar-refractivity contribution in [1.82, 2.24) is 0 Å². The Balaban J connectivity index is 2.78. The lowest BCUT2D eigenvalue weighted by molar-refractivity contribution is 0.0636. The van der Waals surface area contributed by atoms with Crippen LogP contribution in [0.5, 0.6) is 0 Å². The molecule has 1 amide bonds. The number of nitrogens with one attached hydrogen (secondary N) is 1. The predicted molar refractivity (Wildman–Crippen MR) is 83.5 cm³/mol. The van der Waals surface area contributed by atoms with Crippen molar-refractivity contribution in [1.29, 1.82) is 0 Å². The third-order valence-corrected chi connectivity index (χ3v) is 3.71. The van der Waals surface area contributed by atoms with Crippen molar-refractivity contribution in [3.63, 3.8) is 0 Å². The van der Waals surface area contributed by atoms with Gasteiger partial charge in [-0.25, -0.2) is 4.79 Å². The minimum atomic E-state index is -0.527. The molecule has 0 saturated heterocycles. The molecule has 0 saturated carbocycles. The van der Waals surface area contributed by atoms with E-state index in [9.17, 15) is 4.79 Å². The summed E-state index contributed by atoms with van der Waals surface area (Å²) in [7, 11) is 0. The molecule has 1 rings (SSSR count). The Morgan fingerprint density at radius 1 is 1.47 bits per heavy atom. The molecule has 1 aromatic carbocycles. The summed E-state index contributed by atoms with van der Waals surface area (Å²) in [5, 5.41) is 4.02. The van der Waals surface area contributed by atoms with E-state index in [0.717, 1.165) is 10.9 Å². The van der Waals surface area contributed by atoms with Gasteiger partial charge >= 0.3 is 6.09 Å². The Kier molecular flexibility index (Phi) is 5.68. The highest BCUT2D eigenvalue weighted by atomic mass is 79.9. The third-order valence-electron chi connectivity index (χ3n) is 2.43. The SMILES string of the molecule is CC(CBr)c1ccc(NC(=O)OC(C)(C)C)c(Cl)c1. The first kappa shape index (κ1) is 16.3. The largest absolute Gasteiger partial charge is 0.444 e. The molecule has 0 bridgehead atoms. The van der Waals surface area contributed by atoms with Crippen molar-refractivity contribution in [3.8, 4) is 0 Å². The zero-order chi connectivity index (χ0) is 14.6. The van der Waals surface area contributed by atoms with E-state index in [0.29, 0.717) is 16.6 Å². The van der Waals surface area contributed by atoms with E-state index in [4.69, 9.17) is 16.3 Å². The van der Waals surface area contributed by atoms with Crippen LogP contribution in [0.2, 0.25) is 5.02 Å². The Hall–Kier alpha value is -0.740. The van der Waals surface area contributed by atoms with Gasteiger partial charge in [-0.05, 0) is 44.4 Å². The summed E-state index contributed by atoms with van der Waals surface area (Å²) in [6.07, 6.45) is -0.504. The van der Waals surface area contributed by atoms with Crippen LogP contribution in [-0.2, 0) is 4.74 Å². The monoisotopic (exact) mass is 347 g/mol. The number of anilines is 1. The maximum atomic E-state index is 11.7. The second-order valence-electron chi connectivity index (χ2n) is 5.42. The summed E-state index contributed by atoms with van der Waals surface area (Å²) < 4.78 is 5.18. The van der Waals surface area contributed by atoms with Gasteiger partial charge in [0.1, 0.15) is 5.60 Å². The van der Waals surface area contributed by atoms with Gasteiger partial charge in [0.2, 0.25) is 0 Å². The number of ether oxygens (including phenoxy) is 1. The van der Waals surface area contributed by atoms with Crippen LogP contribution in [0.3, 0.4) is 0 Å². The Morgan fingerprint density at radius 2 is 2.11 bits per heavy atom. The van der Waals surface area contributed by atoms with Crippen molar-refractivity contribution < 1.29 is 9.53 Å². The normalized spacial score (nSPS) is 12.9. The topological polar surface area (TPSA) is 38.3 Å². The molecule has 0 aromatic heterocycles. The highest BCUT2D eigenvalue weighted by molar-refractivity contribution is 9.09. The lowest BCUT2D eigenvalue weighted by Gasteiger charge is -2.20. The van der Waals surface area contributed by atoms with Crippen LogP contribution in [0.4, 0.5) is 10.5 Å². The molecule has 19 heavy (non-hydrogen) atoms. The number of benzene rings is 1. The van der Waals surface area contributed by atoms with E-state index in [1.165, 1.54) is 0 Å². The summed E-state index contributed by atoms with van der Waals surface area (Å²) in [5.41, 5.74) is 1.15. The molecule has 1 aromatic rings. The Labute approximate surface area is 127 Å². The van der Waals surface area contributed by atoms with Crippen molar-refractivity contribution in [2.75, 3.05) is 10.6 Å². The van der Waals surface area contributed by atoms with Crippen LogP contribution in [0.25, 0.3) is 0 Å². The summed E-state index contributed by atoms with van der Waals surface area (Å²) in [6, 6.07) is 5.60. The van der Waals surface area contributed by atoms with Crippen LogP contribution in [0, 0.1) is 0 Å². The quantitative estimate of drug-likeness (QED) is 0.764. The zero-order valence-corrected chi connectivity index (χ0v) is 13.9. The highest BCUT2D eigenvalue weighted by Gasteiger charge is 2.17. The molecule has 0 spiro atoms. The van der Waals surface area contributed by atoms with Gasteiger partial charge < -0.3 is 4.74 Å². The first-order valence-electron chi connectivity index (χ1n) is 6.08.